The minimum absolute atomic E-state index is 0.228. The zero-order valence-electron chi connectivity index (χ0n) is 16.0. The SMILES string of the molecule is CC(C)(C)OC(=O)/C=C/C(=O)N1C(=O)CC(C)(C)N1Cc1ccccc1. The number of benzene rings is 1. The van der Waals surface area contributed by atoms with E-state index in [-0.39, 0.29) is 12.3 Å². The molecule has 2 rings (SSSR count). The molecule has 0 spiro atoms. The Balaban J connectivity index is 2.17. The van der Waals surface area contributed by atoms with E-state index in [4.69, 9.17) is 4.74 Å². The van der Waals surface area contributed by atoms with Gasteiger partial charge in [0.15, 0.2) is 0 Å². The number of imide groups is 1. The van der Waals surface area contributed by atoms with Gasteiger partial charge in [-0.2, -0.15) is 0 Å². The number of ether oxygens (including phenoxy) is 1. The smallest absolute Gasteiger partial charge is 0.331 e. The van der Waals surface area contributed by atoms with Crippen molar-refractivity contribution in [3.8, 4) is 0 Å². The molecular weight excluding hydrogens is 332 g/mol. The summed E-state index contributed by atoms with van der Waals surface area (Å²) in [6.07, 6.45) is 2.38. The Morgan fingerprint density at radius 2 is 1.77 bits per heavy atom. The minimum Gasteiger partial charge on any atom is -0.457 e. The van der Waals surface area contributed by atoms with E-state index in [9.17, 15) is 14.4 Å². The number of amides is 2. The Labute approximate surface area is 154 Å². The van der Waals surface area contributed by atoms with Crippen LogP contribution in [0.4, 0.5) is 0 Å². The molecule has 0 N–H and O–H groups in total. The van der Waals surface area contributed by atoms with Crippen molar-refractivity contribution < 1.29 is 19.1 Å². The van der Waals surface area contributed by atoms with E-state index in [1.165, 1.54) is 0 Å². The highest BCUT2D eigenvalue weighted by Gasteiger charge is 2.46. The van der Waals surface area contributed by atoms with Crippen LogP contribution in [0.3, 0.4) is 0 Å². The molecule has 6 nitrogen and oxygen atoms in total. The van der Waals surface area contributed by atoms with Crippen molar-refractivity contribution in [3.63, 3.8) is 0 Å². The van der Waals surface area contributed by atoms with Crippen LogP contribution in [0.15, 0.2) is 42.5 Å². The number of hydrogen-bond acceptors (Lipinski definition) is 5. The number of esters is 1. The highest BCUT2D eigenvalue weighted by Crippen LogP contribution is 2.32. The fourth-order valence-corrected chi connectivity index (χ4v) is 2.77. The van der Waals surface area contributed by atoms with Crippen molar-refractivity contribution in [3.05, 3.63) is 48.0 Å². The molecule has 0 aromatic heterocycles. The van der Waals surface area contributed by atoms with Crippen LogP contribution in [0.5, 0.6) is 0 Å². The summed E-state index contributed by atoms with van der Waals surface area (Å²) in [5.74, 6) is -1.46. The summed E-state index contributed by atoms with van der Waals surface area (Å²) in [5, 5.41) is 2.86. The van der Waals surface area contributed by atoms with Crippen LogP contribution in [-0.2, 0) is 25.7 Å². The summed E-state index contributed by atoms with van der Waals surface area (Å²) >= 11 is 0. The van der Waals surface area contributed by atoms with Crippen LogP contribution in [-0.4, -0.2) is 38.9 Å². The summed E-state index contributed by atoms with van der Waals surface area (Å²) in [4.78, 5) is 36.8. The molecule has 1 aromatic carbocycles. The molecule has 0 radical (unpaired) electrons. The summed E-state index contributed by atoms with van der Waals surface area (Å²) in [7, 11) is 0. The fraction of sp³-hybridized carbons (Fsp3) is 0.450. The van der Waals surface area contributed by atoms with E-state index in [1.54, 1.807) is 25.8 Å². The van der Waals surface area contributed by atoms with Gasteiger partial charge < -0.3 is 4.74 Å². The molecule has 0 atom stereocenters. The first-order chi connectivity index (χ1) is 12.0. The number of rotatable bonds is 4. The lowest BCUT2D eigenvalue weighted by molar-refractivity contribution is -0.158. The highest BCUT2D eigenvalue weighted by molar-refractivity contribution is 6.04. The van der Waals surface area contributed by atoms with Crippen LogP contribution in [0.25, 0.3) is 0 Å². The first-order valence-corrected chi connectivity index (χ1v) is 8.59. The first-order valence-electron chi connectivity index (χ1n) is 8.59. The molecule has 1 fully saturated rings. The monoisotopic (exact) mass is 358 g/mol. The lowest BCUT2D eigenvalue weighted by Crippen LogP contribution is -2.48. The predicted molar refractivity (Wildman–Crippen MR) is 97.5 cm³/mol. The van der Waals surface area contributed by atoms with E-state index in [1.807, 2.05) is 44.2 Å². The topological polar surface area (TPSA) is 66.9 Å². The second-order valence-electron chi connectivity index (χ2n) is 7.94. The first kappa shape index (κ1) is 19.8. The molecule has 0 bridgehead atoms. The molecule has 0 unspecified atom stereocenters. The fourth-order valence-electron chi connectivity index (χ4n) is 2.77. The summed E-state index contributed by atoms with van der Waals surface area (Å²) in [6.45, 7) is 9.49. The van der Waals surface area contributed by atoms with Crippen LogP contribution >= 0.6 is 0 Å². The normalized spacial score (nSPS) is 17.7. The molecule has 0 saturated carbocycles. The van der Waals surface area contributed by atoms with Crippen molar-refractivity contribution in [1.29, 1.82) is 0 Å². The Bertz CT molecular complexity index is 717. The van der Waals surface area contributed by atoms with Crippen molar-refractivity contribution >= 4 is 17.8 Å². The number of carbonyl (C=O) groups excluding carboxylic acids is 3. The molecule has 1 aliphatic rings. The Morgan fingerprint density at radius 3 is 2.35 bits per heavy atom. The van der Waals surface area contributed by atoms with Crippen LogP contribution < -0.4 is 0 Å². The van der Waals surface area contributed by atoms with Gasteiger partial charge in [-0.15, -0.1) is 0 Å². The maximum Gasteiger partial charge on any atom is 0.331 e. The maximum absolute atomic E-state index is 12.6. The molecule has 0 aliphatic carbocycles. The zero-order valence-corrected chi connectivity index (χ0v) is 16.0. The van der Waals surface area contributed by atoms with Crippen LogP contribution in [0.1, 0.15) is 46.6 Å². The quantitative estimate of drug-likeness (QED) is 0.612. The lowest BCUT2D eigenvalue weighted by Gasteiger charge is -2.34. The van der Waals surface area contributed by atoms with Crippen molar-refractivity contribution in [2.24, 2.45) is 0 Å². The summed E-state index contributed by atoms with van der Waals surface area (Å²) < 4.78 is 5.15. The van der Waals surface area contributed by atoms with Gasteiger partial charge in [0.05, 0.1) is 0 Å². The summed E-state index contributed by atoms with van der Waals surface area (Å²) in [6, 6.07) is 9.62. The molecule has 1 heterocycles. The Hall–Kier alpha value is -2.47. The van der Waals surface area contributed by atoms with E-state index in [0.717, 1.165) is 22.7 Å². The van der Waals surface area contributed by atoms with Crippen LogP contribution in [0.2, 0.25) is 0 Å². The number of hydrazine groups is 1. The lowest BCUT2D eigenvalue weighted by atomic mass is 10.0. The van der Waals surface area contributed by atoms with E-state index in [2.05, 4.69) is 0 Å². The molecule has 1 aliphatic heterocycles. The van der Waals surface area contributed by atoms with Gasteiger partial charge in [0.25, 0.3) is 5.91 Å². The van der Waals surface area contributed by atoms with Crippen molar-refractivity contribution in [1.82, 2.24) is 10.0 Å². The summed E-state index contributed by atoms with van der Waals surface area (Å²) in [5.41, 5.74) is -0.151. The molecule has 1 saturated heterocycles. The van der Waals surface area contributed by atoms with Gasteiger partial charge in [0.1, 0.15) is 5.60 Å². The third-order valence-corrected chi connectivity index (χ3v) is 3.91. The Kier molecular flexibility index (Phi) is 5.66. The molecule has 1 aromatic rings. The second-order valence-corrected chi connectivity index (χ2v) is 7.94. The van der Waals surface area contributed by atoms with Gasteiger partial charge in [0, 0.05) is 30.7 Å². The number of carbonyl (C=O) groups is 3. The number of hydrogen-bond donors (Lipinski definition) is 0. The Morgan fingerprint density at radius 1 is 1.15 bits per heavy atom. The van der Waals surface area contributed by atoms with Gasteiger partial charge in [-0.05, 0) is 40.2 Å². The average molecular weight is 358 g/mol. The van der Waals surface area contributed by atoms with Gasteiger partial charge in [-0.25, -0.2) is 14.8 Å². The molecule has 2 amide bonds. The van der Waals surface area contributed by atoms with Gasteiger partial charge in [-0.3, -0.25) is 9.59 Å². The van der Waals surface area contributed by atoms with Gasteiger partial charge in [-0.1, -0.05) is 30.3 Å². The van der Waals surface area contributed by atoms with E-state index >= 15 is 0 Å². The molecule has 140 valence electrons. The third-order valence-electron chi connectivity index (χ3n) is 3.91. The van der Waals surface area contributed by atoms with E-state index < -0.39 is 23.0 Å². The molecular formula is C20H26N2O4. The number of nitrogens with zero attached hydrogens (tertiary/aromatic N) is 2. The highest BCUT2D eigenvalue weighted by atomic mass is 16.6. The van der Waals surface area contributed by atoms with Crippen molar-refractivity contribution in [2.45, 2.75) is 58.7 Å². The minimum atomic E-state index is -0.644. The predicted octanol–water partition coefficient (Wildman–Crippen LogP) is 2.84. The standard InChI is InChI=1S/C20H26N2O4/c1-19(2,3)26-18(25)12-11-16(23)22-17(24)13-20(4,5)21(22)14-15-9-7-6-8-10-15/h6-12H,13-14H2,1-5H3/b12-11+. The molecule has 6 heteroatoms. The second kappa shape index (κ2) is 7.41. The molecule has 26 heavy (non-hydrogen) atoms. The third kappa shape index (κ3) is 5.02. The van der Waals surface area contributed by atoms with Crippen LogP contribution in [0, 0.1) is 0 Å². The maximum atomic E-state index is 12.6. The largest absolute Gasteiger partial charge is 0.457 e. The van der Waals surface area contributed by atoms with Gasteiger partial charge >= 0.3 is 5.97 Å². The van der Waals surface area contributed by atoms with Crippen molar-refractivity contribution in [2.75, 3.05) is 0 Å². The van der Waals surface area contributed by atoms with E-state index in [0.29, 0.717) is 6.54 Å². The zero-order chi connectivity index (χ0) is 19.5. The average Bonchev–Trinajstić information content (AvgIpc) is 2.73. The van der Waals surface area contributed by atoms with Gasteiger partial charge in [0.2, 0.25) is 5.91 Å².